The quantitative estimate of drug-likeness (QED) is 0.873. The van der Waals surface area contributed by atoms with Crippen molar-refractivity contribution >= 4 is 11.7 Å². The molecular weight excluding hydrogens is 301 g/mol. The summed E-state index contributed by atoms with van der Waals surface area (Å²) in [5.74, 6) is -2.61. The molecule has 23 heavy (non-hydrogen) atoms. The minimum atomic E-state index is -0.936. The molecule has 1 aliphatic rings. The third kappa shape index (κ3) is 3.12. The van der Waals surface area contributed by atoms with Gasteiger partial charge in [-0.15, -0.1) is 0 Å². The first-order valence-electron chi connectivity index (χ1n) is 7.41. The molecule has 0 radical (unpaired) electrons. The van der Waals surface area contributed by atoms with Gasteiger partial charge in [-0.05, 0) is 6.07 Å². The number of hydrogen-bond acceptors (Lipinski definition) is 4. The Morgan fingerprint density at radius 2 is 2.04 bits per heavy atom. The predicted octanol–water partition coefficient (Wildman–Crippen LogP) is 2.39. The molecule has 1 aromatic carbocycles. The van der Waals surface area contributed by atoms with Crippen LogP contribution in [-0.2, 0) is 14.3 Å². The number of carbonyl (C=O) groups is 2. The largest absolute Gasteiger partial charge is 0.503 e. The number of benzene rings is 1. The Morgan fingerprint density at radius 3 is 2.61 bits per heavy atom. The summed E-state index contributed by atoms with van der Waals surface area (Å²) in [6, 6.07) is 5.00. The normalized spacial score (nSPS) is 18.2. The molecule has 5 nitrogen and oxygen atoms in total. The lowest BCUT2D eigenvalue weighted by Gasteiger charge is -2.27. The van der Waals surface area contributed by atoms with Crippen molar-refractivity contribution in [3.63, 3.8) is 0 Å². The van der Waals surface area contributed by atoms with Gasteiger partial charge in [-0.25, -0.2) is 4.39 Å². The Kier molecular flexibility index (Phi) is 5.15. The highest BCUT2D eigenvalue weighted by molar-refractivity contribution is 6.09. The molecule has 0 spiro atoms. The highest BCUT2D eigenvalue weighted by Crippen LogP contribution is 2.39. The number of rotatable bonds is 6. The smallest absolute Gasteiger partial charge is 0.290 e. The van der Waals surface area contributed by atoms with Crippen molar-refractivity contribution in [1.82, 2.24) is 4.90 Å². The van der Waals surface area contributed by atoms with Crippen molar-refractivity contribution in [2.24, 2.45) is 5.92 Å². The number of halogens is 1. The molecule has 0 aromatic heterocycles. The zero-order valence-electron chi connectivity index (χ0n) is 13.4. The van der Waals surface area contributed by atoms with Gasteiger partial charge >= 0.3 is 0 Å². The van der Waals surface area contributed by atoms with Crippen molar-refractivity contribution in [3.8, 4) is 0 Å². The number of hydrogen-bond donors (Lipinski definition) is 1. The van der Waals surface area contributed by atoms with Gasteiger partial charge in [-0.1, -0.05) is 32.0 Å². The van der Waals surface area contributed by atoms with Gasteiger partial charge in [0.25, 0.3) is 5.91 Å². The second-order valence-electron chi connectivity index (χ2n) is 5.70. The summed E-state index contributed by atoms with van der Waals surface area (Å²) in [5, 5.41) is 10.2. The van der Waals surface area contributed by atoms with Gasteiger partial charge in [0.05, 0.1) is 18.2 Å². The number of amides is 1. The zero-order valence-corrected chi connectivity index (χ0v) is 13.4. The van der Waals surface area contributed by atoms with E-state index in [1.807, 2.05) is 0 Å². The van der Waals surface area contributed by atoms with Gasteiger partial charge in [0, 0.05) is 25.1 Å². The van der Waals surface area contributed by atoms with E-state index in [2.05, 4.69) is 0 Å². The number of aliphatic hydroxyl groups excluding tert-OH is 1. The number of aliphatic hydroxyl groups is 1. The lowest BCUT2D eigenvalue weighted by atomic mass is 9.91. The topological polar surface area (TPSA) is 66.8 Å². The summed E-state index contributed by atoms with van der Waals surface area (Å²) in [7, 11) is 1.48. The van der Waals surface area contributed by atoms with Crippen molar-refractivity contribution in [2.45, 2.75) is 19.9 Å². The van der Waals surface area contributed by atoms with Crippen LogP contribution in [0, 0.1) is 11.7 Å². The minimum Gasteiger partial charge on any atom is -0.503 e. The van der Waals surface area contributed by atoms with Crippen molar-refractivity contribution < 1.29 is 23.8 Å². The molecule has 1 aliphatic heterocycles. The van der Waals surface area contributed by atoms with E-state index in [1.165, 1.54) is 30.2 Å². The molecule has 0 fully saturated rings. The molecule has 1 amide bonds. The van der Waals surface area contributed by atoms with E-state index in [-0.39, 0.29) is 30.1 Å². The van der Waals surface area contributed by atoms with Gasteiger partial charge in [-0.2, -0.15) is 0 Å². The molecule has 2 rings (SSSR count). The fourth-order valence-electron chi connectivity index (χ4n) is 2.66. The molecule has 1 heterocycles. The van der Waals surface area contributed by atoms with Crippen LogP contribution in [0.2, 0.25) is 0 Å². The van der Waals surface area contributed by atoms with Gasteiger partial charge in [-0.3, -0.25) is 9.59 Å². The fraction of sp³-hybridized carbons (Fsp3) is 0.412. The Labute approximate surface area is 134 Å². The summed E-state index contributed by atoms with van der Waals surface area (Å²) >= 11 is 0. The Balaban J connectivity index is 2.55. The molecule has 6 heteroatoms. The second-order valence-corrected chi connectivity index (χ2v) is 5.70. The Morgan fingerprint density at radius 1 is 1.39 bits per heavy atom. The van der Waals surface area contributed by atoms with Crippen molar-refractivity contribution in [3.05, 3.63) is 47.0 Å². The third-order valence-electron chi connectivity index (χ3n) is 3.83. The molecule has 1 aromatic rings. The summed E-state index contributed by atoms with van der Waals surface area (Å²) in [4.78, 5) is 26.1. The van der Waals surface area contributed by atoms with E-state index in [1.54, 1.807) is 19.9 Å². The summed E-state index contributed by atoms with van der Waals surface area (Å²) in [5.41, 5.74) is 0.135. The highest BCUT2D eigenvalue weighted by atomic mass is 19.1. The number of ether oxygens (including phenoxy) is 1. The van der Waals surface area contributed by atoms with Crippen LogP contribution in [0.3, 0.4) is 0 Å². The van der Waals surface area contributed by atoms with Gasteiger partial charge in [0.1, 0.15) is 5.82 Å². The molecule has 124 valence electrons. The standard InChI is InChI=1S/C17H20FNO4/c1-10(2)15(20)13-14(11-6-4-5-7-12(11)18)19(8-9-23-3)17(22)16(13)21/h4-7,10,14,21H,8-9H2,1-3H3. The second kappa shape index (κ2) is 6.91. The highest BCUT2D eigenvalue weighted by Gasteiger charge is 2.44. The first-order valence-corrected chi connectivity index (χ1v) is 7.41. The van der Waals surface area contributed by atoms with Gasteiger partial charge in [0.15, 0.2) is 11.5 Å². The SMILES string of the molecule is COCCN1C(=O)C(O)=C(C(=O)C(C)C)C1c1ccccc1F. The van der Waals surface area contributed by atoms with E-state index in [0.717, 1.165) is 0 Å². The molecule has 1 unspecified atom stereocenters. The average molecular weight is 321 g/mol. The molecule has 0 saturated heterocycles. The summed E-state index contributed by atoms with van der Waals surface area (Å²) in [6.45, 7) is 3.70. The summed E-state index contributed by atoms with van der Waals surface area (Å²) in [6.07, 6.45) is 0. The number of ketones is 1. The van der Waals surface area contributed by atoms with Crippen LogP contribution in [0.25, 0.3) is 0 Å². The maximum Gasteiger partial charge on any atom is 0.290 e. The fourth-order valence-corrected chi connectivity index (χ4v) is 2.66. The number of Topliss-reactive ketones (excluding diaryl/α,β-unsaturated/α-hetero) is 1. The monoisotopic (exact) mass is 321 g/mol. The van der Waals surface area contributed by atoms with Crippen LogP contribution < -0.4 is 0 Å². The van der Waals surface area contributed by atoms with Crippen molar-refractivity contribution in [2.75, 3.05) is 20.3 Å². The van der Waals surface area contributed by atoms with Crippen LogP contribution in [0.15, 0.2) is 35.6 Å². The van der Waals surface area contributed by atoms with E-state index in [9.17, 15) is 19.1 Å². The molecule has 1 atom stereocenters. The number of nitrogens with zero attached hydrogens (tertiary/aromatic N) is 1. The molecular formula is C17H20FNO4. The van der Waals surface area contributed by atoms with E-state index >= 15 is 0 Å². The van der Waals surface area contributed by atoms with E-state index < -0.39 is 29.4 Å². The lowest BCUT2D eigenvalue weighted by Crippen LogP contribution is -2.34. The first kappa shape index (κ1) is 17.1. The lowest BCUT2D eigenvalue weighted by molar-refractivity contribution is -0.130. The number of methoxy groups -OCH3 is 1. The van der Waals surface area contributed by atoms with Crippen molar-refractivity contribution in [1.29, 1.82) is 0 Å². The number of carbonyl (C=O) groups excluding carboxylic acids is 2. The predicted molar refractivity (Wildman–Crippen MR) is 82.2 cm³/mol. The molecule has 0 aliphatic carbocycles. The third-order valence-corrected chi connectivity index (χ3v) is 3.83. The maximum atomic E-state index is 14.2. The van der Waals surface area contributed by atoms with E-state index in [4.69, 9.17) is 4.74 Å². The van der Waals surface area contributed by atoms with Gasteiger partial charge < -0.3 is 14.7 Å². The van der Waals surface area contributed by atoms with Crippen LogP contribution in [0.5, 0.6) is 0 Å². The minimum absolute atomic E-state index is 0.0498. The van der Waals surface area contributed by atoms with Crippen LogP contribution in [0.4, 0.5) is 4.39 Å². The Bertz CT molecular complexity index is 654. The Hall–Kier alpha value is -2.21. The average Bonchev–Trinajstić information content (AvgIpc) is 2.76. The first-order chi connectivity index (χ1) is 10.9. The maximum absolute atomic E-state index is 14.2. The van der Waals surface area contributed by atoms with Crippen LogP contribution in [-0.4, -0.2) is 42.0 Å². The van der Waals surface area contributed by atoms with Crippen LogP contribution in [0.1, 0.15) is 25.5 Å². The van der Waals surface area contributed by atoms with Gasteiger partial charge in [0.2, 0.25) is 0 Å². The molecule has 0 bridgehead atoms. The molecule has 1 N–H and O–H groups in total. The van der Waals surface area contributed by atoms with E-state index in [0.29, 0.717) is 0 Å². The zero-order chi connectivity index (χ0) is 17.1. The van der Waals surface area contributed by atoms with Crippen LogP contribution >= 0.6 is 0 Å². The summed E-state index contributed by atoms with van der Waals surface area (Å²) < 4.78 is 19.2. The molecule has 0 saturated carbocycles.